The van der Waals surface area contributed by atoms with Gasteiger partial charge in [0.1, 0.15) is 0 Å². The van der Waals surface area contributed by atoms with E-state index in [-0.39, 0.29) is 12.3 Å². The highest BCUT2D eigenvalue weighted by molar-refractivity contribution is 7.12. The maximum absolute atomic E-state index is 10.6. The lowest BCUT2D eigenvalue weighted by molar-refractivity contribution is -0.136. The van der Waals surface area contributed by atoms with Crippen LogP contribution in [0.2, 0.25) is 0 Å². The van der Waals surface area contributed by atoms with E-state index in [4.69, 9.17) is 5.11 Å². The summed E-state index contributed by atoms with van der Waals surface area (Å²) in [6.07, 6.45) is 0.0464. The molecular weight excluding hydrogens is 202 g/mol. The van der Waals surface area contributed by atoms with Crippen LogP contribution in [0.25, 0.3) is 0 Å². The first kappa shape index (κ1) is 10.7. The number of carboxylic acid groups (broad SMARTS) is 1. The number of hydrogen-bond acceptors (Lipinski definition) is 3. The highest BCUT2D eigenvalue weighted by Gasteiger charge is 2.04. The van der Waals surface area contributed by atoms with E-state index >= 15 is 0 Å². The molecule has 1 heterocycles. The van der Waals surface area contributed by atoms with Crippen LogP contribution < -0.4 is 5.32 Å². The maximum Gasteiger partial charge on any atom is 0.308 e. The van der Waals surface area contributed by atoms with Crippen molar-refractivity contribution in [3.05, 3.63) is 21.9 Å². The van der Waals surface area contributed by atoms with Crippen LogP contribution in [0.5, 0.6) is 0 Å². The number of aliphatic carboxylic acids is 1. The zero-order valence-corrected chi connectivity index (χ0v) is 8.56. The zero-order valence-electron chi connectivity index (χ0n) is 7.74. The first-order chi connectivity index (χ1) is 6.58. The van der Waals surface area contributed by atoms with Crippen LogP contribution in [0.4, 0.5) is 0 Å². The van der Waals surface area contributed by atoms with Crippen molar-refractivity contribution in [2.75, 3.05) is 0 Å². The van der Waals surface area contributed by atoms with Gasteiger partial charge >= 0.3 is 5.97 Å². The Hall–Kier alpha value is -1.36. The fraction of sp³-hybridized carbons (Fsp3) is 0.333. The van der Waals surface area contributed by atoms with Gasteiger partial charge in [-0.3, -0.25) is 9.59 Å². The van der Waals surface area contributed by atoms with E-state index in [0.29, 0.717) is 6.54 Å². The molecule has 76 valence electrons. The number of amides is 1. The quantitative estimate of drug-likeness (QED) is 0.784. The third-order valence-corrected chi connectivity index (χ3v) is 2.64. The van der Waals surface area contributed by atoms with E-state index < -0.39 is 5.97 Å². The Morgan fingerprint density at radius 2 is 2.07 bits per heavy atom. The first-order valence-corrected chi connectivity index (χ1v) is 4.93. The molecule has 0 saturated carbocycles. The van der Waals surface area contributed by atoms with Crippen molar-refractivity contribution in [1.29, 1.82) is 0 Å². The molecule has 0 bridgehead atoms. The van der Waals surface area contributed by atoms with Crippen LogP contribution in [0.15, 0.2) is 12.1 Å². The highest BCUT2D eigenvalue weighted by Crippen LogP contribution is 2.16. The monoisotopic (exact) mass is 213 g/mol. The van der Waals surface area contributed by atoms with Gasteiger partial charge in [0.25, 0.3) is 0 Å². The van der Waals surface area contributed by atoms with Gasteiger partial charge in [-0.2, -0.15) is 0 Å². The van der Waals surface area contributed by atoms with Crippen molar-refractivity contribution in [3.63, 3.8) is 0 Å². The van der Waals surface area contributed by atoms with Crippen molar-refractivity contribution in [1.82, 2.24) is 5.32 Å². The molecule has 0 radical (unpaired) electrons. The molecule has 0 aliphatic heterocycles. The van der Waals surface area contributed by atoms with Gasteiger partial charge in [-0.25, -0.2) is 0 Å². The van der Waals surface area contributed by atoms with Crippen molar-refractivity contribution in [2.45, 2.75) is 19.9 Å². The molecule has 0 spiro atoms. The predicted octanol–water partition coefficient (Wildman–Crippen LogP) is 1.01. The zero-order chi connectivity index (χ0) is 10.6. The van der Waals surface area contributed by atoms with E-state index in [9.17, 15) is 9.59 Å². The number of nitrogens with one attached hydrogen (secondary N) is 1. The number of hydrogen-bond donors (Lipinski definition) is 2. The van der Waals surface area contributed by atoms with Crippen LogP contribution in [0, 0.1) is 0 Å². The van der Waals surface area contributed by atoms with Crippen molar-refractivity contribution < 1.29 is 14.7 Å². The Balaban J connectivity index is 2.50. The van der Waals surface area contributed by atoms with E-state index in [1.165, 1.54) is 18.3 Å². The molecule has 0 aliphatic rings. The second-order valence-corrected chi connectivity index (χ2v) is 4.10. The fourth-order valence-corrected chi connectivity index (χ4v) is 1.92. The lowest BCUT2D eigenvalue weighted by atomic mass is 10.3. The molecule has 0 aromatic carbocycles. The summed E-state index contributed by atoms with van der Waals surface area (Å²) in [6, 6.07) is 3.61. The number of thiophene rings is 1. The minimum absolute atomic E-state index is 0.0464. The normalized spacial score (nSPS) is 9.79. The summed E-state index contributed by atoms with van der Waals surface area (Å²) in [5.74, 6) is -0.920. The molecule has 4 nitrogen and oxygen atoms in total. The Labute approximate surface area is 85.6 Å². The summed E-state index contributed by atoms with van der Waals surface area (Å²) in [7, 11) is 0. The standard InChI is InChI=1S/C9H11NO3S/c1-6(11)10-5-8-3-2-7(14-8)4-9(12)13/h2-3H,4-5H2,1H3,(H,10,11)(H,12,13). The van der Waals surface area contributed by atoms with Crippen LogP contribution >= 0.6 is 11.3 Å². The van der Waals surface area contributed by atoms with E-state index in [2.05, 4.69) is 5.32 Å². The molecule has 0 unspecified atom stereocenters. The summed E-state index contributed by atoms with van der Waals surface area (Å²) in [5, 5.41) is 11.2. The summed E-state index contributed by atoms with van der Waals surface area (Å²) in [5.41, 5.74) is 0. The number of rotatable bonds is 4. The molecule has 14 heavy (non-hydrogen) atoms. The fourth-order valence-electron chi connectivity index (χ4n) is 0.973. The van der Waals surface area contributed by atoms with Crippen molar-refractivity contribution in [3.8, 4) is 0 Å². The van der Waals surface area contributed by atoms with Gasteiger partial charge in [0.2, 0.25) is 5.91 Å². The van der Waals surface area contributed by atoms with Gasteiger partial charge in [0.05, 0.1) is 13.0 Å². The predicted molar refractivity (Wildman–Crippen MR) is 53.2 cm³/mol. The minimum Gasteiger partial charge on any atom is -0.481 e. The van der Waals surface area contributed by atoms with Crippen molar-refractivity contribution in [2.24, 2.45) is 0 Å². The summed E-state index contributed by atoms with van der Waals surface area (Å²) < 4.78 is 0. The van der Waals surface area contributed by atoms with Gasteiger partial charge < -0.3 is 10.4 Å². The molecule has 1 rings (SSSR count). The van der Waals surface area contributed by atoms with Crippen LogP contribution in [-0.4, -0.2) is 17.0 Å². The molecule has 0 saturated heterocycles. The summed E-state index contributed by atoms with van der Waals surface area (Å²) in [6.45, 7) is 1.92. The Morgan fingerprint density at radius 3 is 2.64 bits per heavy atom. The second-order valence-electron chi connectivity index (χ2n) is 2.85. The Kier molecular flexibility index (Phi) is 3.64. The molecule has 2 N–H and O–H groups in total. The molecule has 5 heteroatoms. The molecule has 1 aromatic rings. The van der Waals surface area contributed by atoms with E-state index in [1.54, 1.807) is 6.07 Å². The second kappa shape index (κ2) is 4.76. The van der Waals surface area contributed by atoms with E-state index in [0.717, 1.165) is 9.75 Å². The van der Waals surface area contributed by atoms with Crippen LogP contribution in [0.3, 0.4) is 0 Å². The largest absolute Gasteiger partial charge is 0.481 e. The Bertz CT molecular complexity index is 346. The van der Waals surface area contributed by atoms with Gasteiger partial charge in [-0.15, -0.1) is 11.3 Å². The number of carbonyl (C=O) groups is 2. The van der Waals surface area contributed by atoms with Gasteiger partial charge in [-0.1, -0.05) is 0 Å². The van der Waals surface area contributed by atoms with Gasteiger partial charge in [0, 0.05) is 16.7 Å². The molecular formula is C9H11NO3S. The lowest BCUT2D eigenvalue weighted by Gasteiger charge is -1.96. The summed E-state index contributed by atoms with van der Waals surface area (Å²) in [4.78, 5) is 22.8. The third-order valence-electron chi connectivity index (χ3n) is 1.55. The molecule has 1 aromatic heterocycles. The highest BCUT2D eigenvalue weighted by atomic mass is 32.1. The molecule has 0 fully saturated rings. The number of carboxylic acids is 1. The minimum atomic E-state index is -0.835. The van der Waals surface area contributed by atoms with Crippen molar-refractivity contribution >= 4 is 23.2 Å². The van der Waals surface area contributed by atoms with Gasteiger partial charge in [0.15, 0.2) is 0 Å². The maximum atomic E-state index is 10.6. The lowest BCUT2D eigenvalue weighted by Crippen LogP contribution is -2.18. The molecule has 0 aliphatic carbocycles. The topological polar surface area (TPSA) is 66.4 Å². The van der Waals surface area contributed by atoms with Crippen LogP contribution in [-0.2, 0) is 22.6 Å². The SMILES string of the molecule is CC(=O)NCc1ccc(CC(=O)O)s1. The first-order valence-electron chi connectivity index (χ1n) is 4.12. The third kappa shape index (κ3) is 3.57. The van der Waals surface area contributed by atoms with E-state index in [1.807, 2.05) is 6.07 Å². The smallest absolute Gasteiger partial charge is 0.308 e. The Morgan fingerprint density at radius 1 is 1.43 bits per heavy atom. The average Bonchev–Trinajstić information content (AvgIpc) is 2.47. The molecule has 0 atom stereocenters. The number of carbonyl (C=O) groups excluding carboxylic acids is 1. The molecule has 1 amide bonds. The average molecular weight is 213 g/mol. The summed E-state index contributed by atoms with van der Waals surface area (Å²) >= 11 is 1.41. The van der Waals surface area contributed by atoms with Crippen LogP contribution in [0.1, 0.15) is 16.7 Å². The van der Waals surface area contributed by atoms with Gasteiger partial charge in [-0.05, 0) is 12.1 Å².